The van der Waals surface area contributed by atoms with E-state index in [2.05, 4.69) is 27.2 Å². The highest BCUT2D eigenvalue weighted by Crippen LogP contribution is 2.45. The molecule has 0 spiro atoms. The normalized spacial score (nSPS) is 21.8. The van der Waals surface area contributed by atoms with E-state index in [9.17, 15) is 29.4 Å². The van der Waals surface area contributed by atoms with Gasteiger partial charge in [0.2, 0.25) is 5.91 Å². The number of amides is 1. The SMILES string of the molecule is CCCCCCCCCCCCCC(=O)Nc1ncnc2c1ncn2[C@@H]1O[C@H](CO)[C@@H](O)[C@H]1OP(=O)(O)O. The van der Waals surface area contributed by atoms with Crippen LogP contribution >= 0.6 is 7.82 Å². The summed E-state index contributed by atoms with van der Waals surface area (Å²) in [4.78, 5) is 43.6. The standard InChI is InChI=1S/C24H40N5O8P/c1-2-3-4-5-6-7-8-9-10-11-12-13-18(31)28-22-19-23(26-15-25-22)29(16-27-19)24-21(37-38(33,34)35)20(32)17(14-30)36-24/h15-17,20-21,24,30,32H,2-14H2,1H3,(H2,33,34,35)(H,25,26,28,31)/t17-,20-,21-,24-/m1/s1. The molecule has 5 N–H and O–H groups in total. The zero-order chi connectivity index (χ0) is 27.5. The zero-order valence-corrected chi connectivity index (χ0v) is 22.7. The Kier molecular flexibility index (Phi) is 12.0. The number of rotatable bonds is 17. The number of imidazole rings is 1. The Morgan fingerprint density at radius 3 is 2.29 bits per heavy atom. The molecule has 14 heteroatoms. The number of aliphatic hydroxyl groups excluding tert-OH is 2. The molecule has 1 amide bonds. The van der Waals surface area contributed by atoms with Crippen LogP contribution in [0.5, 0.6) is 0 Å². The maximum atomic E-state index is 12.5. The largest absolute Gasteiger partial charge is 0.470 e. The number of nitrogens with one attached hydrogen (secondary N) is 1. The highest BCUT2D eigenvalue weighted by molar-refractivity contribution is 7.46. The summed E-state index contributed by atoms with van der Waals surface area (Å²) in [6.45, 7) is 1.63. The van der Waals surface area contributed by atoms with Gasteiger partial charge in [0.05, 0.1) is 12.9 Å². The van der Waals surface area contributed by atoms with Crippen molar-refractivity contribution in [2.45, 2.75) is 109 Å². The number of unbranched alkanes of at least 4 members (excludes halogenated alkanes) is 10. The molecule has 1 aliphatic rings. The minimum Gasteiger partial charge on any atom is -0.394 e. The van der Waals surface area contributed by atoms with Crippen molar-refractivity contribution in [2.75, 3.05) is 11.9 Å². The van der Waals surface area contributed by atoms with Crippen molar-refractivity contribution >= 4 is 30.7 Å². The summed E-state index contributed by atoms with van der Waals surface area (Å²) in [5.74, 6) is -0.0161. The number of carbonyl (C=O) groups is 1. The minimum atomic E-state index is -4.99. The van der Waals surface area contributed by atoms with Gasteiger partial charge in [0.25, 0.3) is 0 Å². The first kappa shape index (κ1) is 30.6. The number of carbonyl (C=O) groups excluding carboxylic acids is 1. The summed E-state index contributed by atoms with van der Waals surface area (Å²) in [7, 11) is -4.99. The van der Waals surface area contributed by atoms with Crippen LogP contribution < -0.4 is 5.32 Å². The molecular formula is C24H40N5O8P. The number of phosphoric ester groups is 1. The lowest BCUT2D eigenvalue weighted by atomic mass is 10.1. The summed E-state index contributed by atoms with van der Waals surface area (Å²) >= 11 is 0. The zero-order valence-electron chi connectivity index (χ0n) is 21.8. The van der Waals surface area contributed by atoms with Crippen molar-refractivity contribution in [3.63, 3.8) is 0 Å². The molecule has 3 heterocycles. The molecule has 1 aliphatic heterocycles. The van der Waals surface area contributed by atoms with E-state index >= 15 is 0 Å². The molecule has 4 atom stereocenters. The van der Waals surface area contributed by atoms with E-state index in [4.69, 9.17) is 9.26 Å². The lowest BCUT2D eigenvalue weighted by molar-refractivity contribution is -0.116. The fraction of sp³-hybridized carbons (Fsp3) is 0.750. The summed E-state index contributed by atoms with van der Waals surface area (Å²) in [5.41, 5.74) is 0.431. The number of hydrogen-bond acceptors (Lipinski definition) is 9. The van der Waals surface area contributed by atoms with E-state index < -0.39 is 39.0 Å². The van der Waals surface area contributed by atoms with E-state index in [-0.39, 0.29) is 22.9 Å². The third kappa shape index (κ3) is 8.77. The first-order chi connectivity index (χ1) is 18.2. The molecule has 1 saturated heterocycles. The van der Waals surface area contributed by atoms with Crippen molar-refractivity contribution in [3.8, 4) is 0 Å². The molecule has 0 radical (unpaired) electrons. The Hall–Kier alpha value is -1.99. The molecular weight excluding hydrogens is 517 g/mol. The van der Waals surface area contributed by atoms with Gasteiger partial charge in [-0.3, -0.25) is 13.9 Å². The van der Waals surface area contributed by atoms with Crippen molar-refractivity contribution in [1.82, 2.24) is 19.5 Å². The smallest absolute Gasteiger partial charge is 0.394 e. The minimum absolute atomic E-state index is 0.187. The molecule has 38 heavy (non-hydrogen) atoms. The van der Waals surface area contributed by atoms with Crippen LogP contribution in [0.2, 0.25) is 0 Å². The second-order valence-electron chi connectivity index (χ2n) is 9.68. The van der Waals surface area contributed by atoms with Crippen LogP contribution in [-0.4, -0.2) is 70.3 Å². The average Bonchev–Trinajstić information content (AvgIpc) is 3.43. The van der Waals surface area contributed by atoms with Crippen molar-refractivity contribution in [1.29, 1.82) is 0 Å². The van der Waals surface area contributed by atoms with E-state index in [1.54, 1.807) is 0 Å². The van der Waals surface area contributed by atoms with Gasteiger partial charge in [0.15, 0.2) is 23.2 Å². The van der Waals surface area contributed by atoms with Crippen molar-refractivity contribution in [3.05, 3.63) is 12.7 Å². The van der Waals surface area contributed by atoms with E-state index in [0.717, 1.165) is 19.3 Å². The summed E-state index contributed by atoms with van der Waals surface area (Å²) in [5, 5.41) is 22.6. The lowest BCUT2D eigenvalue weighted by Crippen LogP contribution is -2.34. The number of aromatic nitrogens is 4. The second kappa shape index (κ2) is 15.0. The summed E-state index contributed by atoms with van der Waals surface area (Å²) in [6, 6.07) is 0. The number of hydrogen-bond donors (Lipinski definition) is 5. The van der Waals surface area contributed by atoms with Crippen LogP contribution in [0.3, 0.4) is 0 Å². The maximum Gasteiger partial charge on any atom is 0.470 e. The third-order valence-electron chi connectivity index (χ3n) is 6.65. The molecule has 0 saturated carbocycles. The van der Waals surface area contributed by atoms with Crippen LogP contribution in [-0.2, 0) is 18.6 Å². The number of fused-ring (bicyclic) bond motifs is 1. The quantitative estimate of drug-likeness (QED) is 0.142. The predicted octanol–water partition coefficient (Wildman–Crippen LogP) is 3.19. The number of anilines is 1. The molecule has 214 valence electrons. The fourth-order valence-electron chi connectivity index (χ4n) is 4.64. The van der Waals surface area contributed by atoms with Gasteiger partial charge >= 0.3 is 7.82 Å². The molecule has 2 aromatic heterocycles. The highest BCUT2D eigenvalue weighted by Gasteiger charge is 2.48. The maximum absolute atomic E-state index is 12.5. The Bertz CT molecular complexity index is 1060. The van der Waals surface area contributed by atoms with Gasteiger partial charge in [0, 0.05) is 6.42 Å². The number of phosphoric acid groups is 1. The van der Waals surface area contributed by atoms with Crippen LogP contribution in [0.25, 0.3) is 11.2 Å². The van der Waals surface area contributed by atoms with Gasteiger partial charge in [-0.2, -0.15) is 0 Å². The number of nitrogens with zero attached hydrogens (tertiary/aromatic N) is 4. The third-order valence-corrected chi connectivity index (χ3v) is 7.17. The molecule has 13 nitrogen and oxygen atoms in total. The van der Waals surface area contributed by atoms with Crippen molar-refractivity contribution in [2.24, 2.45) is 0 Å². The van der Waals surface area contributed by atoms with Gasteiger partial charge in [0.1, 0.15) is 24.6 Å². The monoisotopic (exact) mass is 557 g/mol. The van der Waals surface area contributed by atoms with E-state index in [0.29, 0.717) is 6.42 Å². The first-order valence-corrected chi connectivity index (χ1v) is 14.9. The van der Waals surface area contributed by atoms with Crippen molar-refractivity contribution < 1.29 is 38.6 Å². The van der Waals surface area contributed by atoms with Crippen LogP contribution in [0, 0.1) is 0 Å². The van der Waals surface area contributed by atoms with Crippen LogP contribution in [0.15, 0.2) is 12.7 Å². The van der Waals surface area contributed by atoms with Gasteiger partial charge in [-0.25, -0.2) is 19.5 Å². The second-order valence-corrected chi connectivity index (χ2v) is 10.9. The Morgan fingerprint density at radius 1 is 1.05 bits per heavy atom. The van der Waals surface area contributed by atoms with Gasteiger partial charge in [-0.15, -0.1) is 0 Å². The van der Waals surface area contributed by atoms with Gasteiger partial charge < -0.3 is 30.1 Å². The van der Waals surface area contributed by atoms with E-state index in [1.165, 1.54) is 68.6 Å². The topological polar surface area (TPSA) is 189 Å². The average molecular weight is 558 g/mol. The van der Waals surface area contributed by atoms with Gasteiger partial charge in [-0.1, -0.05) is 71.1 Å². The Balaban J connectivity index is 1.52. The molecule has 0 bridgehead atoms. The number of ether oxygens (including phenoxy) is 1. The molecule has 1 fully saturated rings. The predicted molar refractivity (Wildman–Crippen MR) is 139 cm³/mol. The molecule has 0 aromatic carbocycles. The summed E-state index contributed by atoms with van der Waals surface area (Å²) < 4.78 is 23.1. The first-order valence-electron chi connectivity index (χ1n) is 13.4. The Morgan fingerprint density at radius 2 is 1.68 bits per heavy atom. The Labute approximate surface area is 222 Å². The molecule has 0 aliphatic carbocycles. The van der Waals surface area contributed by atoms with E-state index in [1.807, 2.05) is 0 Å². The molecule has 0 unspecified atom stereocenters. The number of aliphatic hydroxyl groups is 2. The molecule has 3 rings (SSSR count). The molecule has 2 aromatic rings. The van der Waals surface area contributed by atoms with Gasteiger partial charge in [-0.05, 0) is 6.42 Å². The lowest BCUT2D eigenvalue weighted by Gasteiger charge is -2.22. The van der Waals surface area contributed by atoms with Crippen LogP contribution in [0.1, 0.15) is 90.2 Å². The van der Waals surface area contributed by atoms with Crippen LogP contribution in [0.4, 0.5) is 5.82 Å². The highest BCUT2D eigenvalue weighted by atomic mass is 31.2. The fourth-order valence-corrected chi connectivity index (χ4v) is 5.19. The summed E-state index contributed by atoms with van der Waals surface area (Å²) in [6.07, 6.45) is 10.5.